The van der Waals surface area contributed by atoms with E-state index in [1.165, 1.54) is 5.56 Å². The molecule has 5 heteroatoms. The third-order valence-electron chi connectivity index (χ3n) is 4.99. The van der Waals surface area contributed by atoms with Gasteiger partial charge in [-0.3, -0.25) is 9.59 Å². The van der Waals surface area contributed by atoms with Crippen molar-refractivity contribution < 1.29 is 9.59 Å². The molecule has 0 aromatic heterocycles. The average Bonchev–Trinajstić information content (AvgIpc) is 2.65. The van der Waals surface area contributed by atoms with E-state index >= 15 is 0 Å². The van der Waals surface area contributed by atoms with Gasteiger partial charge < -0.3 is 10.6 Å². The Labute approximate surface area is 171 Å². The Morgan fingerprint density at radius 1 is 1.14 bits per heavy atom. The van der Waals surface area contributed by atoms with Gasteiger partial charge in [-0.05, 0) is 53.6 Å². The van der Waals surface area contributed by atoms with Gasteiger partial charge in [0.25, 0.3) is 0 Å². The number of aryl methyl sites for hydroxylation is 1. The van der Waals surface area contributed by atoms with Crippen molar-refractivity contribution in [1.29, 1.82) is 0 Å². The predicted molar refractivity (Wildman–Crippen MR) is 116 cm³/mol. The van der Waals surface area contributed by atoms with Crippen LogP contribution in [0.5, 0.6) is 0 Å². The van der Waals surface area contributed by atoms with E-state index in [2.05, 4.69) is 61.7 Å². The molecule has 1 heterocycles. The summed E-state index contributed by atoms with van der Waals surface area (Å²) in [5, 5.41) is 5.96. The minimum Gasteiger partial charge on any atom is -0.349 e. The molecule has 0 fully saturated rings. The second-order valence-electron chi connectivity index (χ2n) is 8.32. The van der Waals surface area contributed by atoms with E-state index in [1.807, 2.05) is 19.1 Å². The molecule has 2 N–H and O–H groups in total. The van der Waals surface area contributed by atoms with Crippen LogP contribution in [-0.4, -0.2) is 17.6 Å². The normalized spacial score (nSPS) is 14.8. The number of hydrogen-bond donors (Lipinski definition) is 2. The molecular weight excluding hydrogens is 368 g/mol. The number of rotatable bonds is 5. The lowest BCUT2D eigenvalue weighted by molar-refractivity contribution is -0.119. The molecular formula is C23H28N2O2S. The molecule has 1 atom stereocenters. The fourth-order valence-corrected chi connectivity index (χ4v) is 3.95. The van der Waals surface area contributed by atoms with Crippen LogP contribution in [0.15, 0.2) is 47.4 Å². The van der Waals surface area contributed by atoms with Crippen LogP contribution in [0.1, 0.15) is 56.8 Å². The summed E-state index contributed by atoms with van der Waals surface area (Å²) in [5.41, 5.74) is 4.49. The average molecular weight is 397 g/mol. The SMILES string of the molecule is CC(NC(=O)CSc1ccc(C(C)(C)C)cc1)c1ccc2c(c1)CCC(=O)N2. The molecule has 0 radical (unpaired) electrons. The van der Waals surface area contributed by atoms with Crippen LogP contribution in [-0.2, 0) is 21.4 Å². The summed E-state index contributed by atoms with van der Waals surface area (Å²) in [6.07, 6.45) is 1.26. The van der Waals surface area contributed by atoms with Crippen molar-refractivity contribution in [2.75, 3.05) is 11.1 Å². The van der Waals surface area contributed by atoms with Crippen LogP contribution in [0.2, 0.25) is 0 Å². The molecule has 2 aromatic carbocycles. The first-order valence-electron chi connectivity index (χ1n) is 9.68. The molecule has 0 aliphatic carbocycles. The van der Waals surface area contributed by atoms with Crippen molar-refractivity contribution in [2.45, 2.75) is 56.9 Å². The zero-order valence-corrected chi connectivity index (χ0v) is 17.8. The van der Waals surface area contributed by atoms with Crippen LogP contribution in [0, 0.1) is 0 Å². The van der Waals surface area contributed by atoms with Crippen molar-refractivity contribution in [3.8, 4) is 0 Å². The van der Waals surface area contributed by atoms with Crippen molar-refractivity contribution in [3.63, 3.8) is 0 Å². The largest absolute Gasteiger partial charge is 0.349 e. The zero-order chi connectivity index (χ0) is 20.3. The third-order valence-corrected chi connectivity index (χ3v) is 6.00. The van der Waals surface area contributed by atoms with Crippen molar-refractivity contribution in [1.82, 2.24) is 5.32 Å². The highest BCUT2D eigenvalue weighted by atomic mass is 32.2. The maximum absolute atomic E-state index is 12.4. The lowest BCUT2D eigenvalue weighted by Gasteiger charge is -2.20. The highest BCUT2D eigenvalue weighted by Crippen LogP contribution is 2.27. The lowest BCUT2D eigenvalue weighted by atomic mass is 9.87. The standard InChI is InChI=1S/C23H28N2O2S/c1-15(16-5-11-20-17(13-16)6-12-21(26)25-20)24-22(27)14-28-19-9-7-18(8-10-19)23(2,3)4/h5,7-11,13,15H,6,12,14H2,1-4H3,(H,24,27)(H,25,26). The fraction of sp³-hybridized carbons (Fsp3) is 0.391. The molecule has 0 bridgehead atoms. The molecule has 2 amide bonds. The lowest BCUT2D eigenvalue weighted by Crippen LogP contribution is -2.28. The summed E-state index contributed by atoms with van der Waals surface area (Å²) in [4.78, 5) is 24.9. The molecule has 1 aliphatic rings. The Kier molecular flexibility index (Phi) is 6.14. The van der Waals surface area contributed by atoms with Crippen molar-refractivity contribution >= 4 is 29.3 Å². The maximum Gasteiger partial charge on any atom is 0.230 e. The van der Waals surface area contributed by atoms with Gasteiger partial charge in [-0.15, -0.1) is 11.8 Å². The summed E-state index contributed by atoms with van der Waals surface area (Å²) < 4.78 is 0. The van der Waals surface area contributed by atoms with Crippen LogP contribution in [0.3, 0.4) is 0 Å². The van der Waals surface area contributed by atoms with E-state index in [0.29, 0.717) is 12.2 Å². The second-order valence-corrected chi connectivity index (χ2v) is 9.37. The number of nitrogens with one attached hydrogen (secondary N) is 2. The number of thioether (sulfide) groups is 1. The van der Waals surface area contributed by atoms with Crippen molar-refractivity contribution in [3.05, 3.63) is 59.2 Å². The van der Waals surface area contributed by atoms with Gasteiger partial charge in [-0.2, -0.15) is 0 Å². The Balaban J connectivity index is 1.54. The van der Waals surface area contributed by atoms with Crippen LogP contribution < -0.4 is 10.6 Å². The number of amides is 2. The molecule has 4 nitrogen and oxygen atoms in total. The number of anilines is 1. The fourth-order valence-electron chi connectivity index (χ4n) is 3.24. The van der Waals surface area contributed by atoms with Gasteiger partial charge >= 0.3 is 0 Å². The number of benzene rings is 2. The molecule has 0 spiro atoms. The van der Waals surface area contributed by atoms with Crippen LogP contribution >= 0.6 is 11.8 Å². The highest BCUT2D eigenvalue weighted by molar-refractivity contribution is 8.00. The monoisotopic (exact) mass is 396 g/mol. The van der Waals surface area contributed by atoms with Gasteiger partial charge in [0.1, 0.15) is 0 Å². The summed E-state index contributed by atoms with van der Waals surface area (Å²) in [6, 6.07) is 14.3. The summed E-state index contributed by atoms with van der Waals surface area (Å²) in [6.45, 7) is 8.57. The van der Waals surface area contributed by atoms with Gasteiger partial charge in [-0.25, -0.2) is 0 Å². The Hall–Kier alpha value is -2.27. The van der Waals surface area contributed by atoms with Gasteiger partial charge in [-0.1, -0.05) is 45.0 Å². The number of carbonyl (C=O) groups excluding carboxylic acids is 2. The van der Waals surface area contributed by atoms with Gasteiger partial charge in [0, 0.05) is 17.0 Å². The molecule has 0 saturated carbocycles. The zero-order valence-electron chi connectivity index (χ0n) is 17.0. The molecule has 28 heavy (non-hydrogen) atoms. The van der Waals surface area contributed by atoms with E-state index in [4.69, 9.17) is 0 Å². The summed E-state index contributed by atoms with van der Waals surface area (Å²) >= 11 is 1.55. The Morgan fingerprint density at radius 3 is 2.54 bits per heavy atom. The number of carbonyl (C=O) groups is 2. The van der Waals surface area contributed by atoms with Gasteiger partial charge in [0.2, 0.25) is 11.8 Å². The quantitative estimate of drug-likeness (QED) is 0.711. The highest BCUT2D eigenvalue weighted by Gasteiger charge is 2.17. The topological polar surface area (TPSA) is 58.2 Å². The van der Waals surface area contributed by atoms with Crippen LogP contribution in [0.4, 0.5) is 5.69 Å². The third kappa shape index (κ3) is 5.16. The first kappa shape index (κ1) is 20.5. The molecule has 2 aromatic rings. The minimum atomic E-state index is -0.0701. The van der Waals surface area contributed by atoms with Gasteiger partial charge in [0.05, 0.1) is 11.8 Å². The van der Waals surface area contributed by atoms with Crippen molar-refractivity contribution in [2.24, 2.45) is 0 Å². The first-order valence-corrected chi connectivity index (χ1v) is 10.7. The number of fused-ring (bicyclic) bond motifs is 1. The molecule has 1 aliphatic heterocycles. The van der Waals surface area contributed by atoms with E-state index in [0.717, 1.165) is 28.1 Å². The van der Waals surface area contributed by atoms with Gasteiger partial charge in [0.15, 0.2) is 0 Å². The first-order chi connectivity index (χ1) is 13.2. The summed E-state index contributed by atoms with van der Waals surface area (Å²) in [7, 11) is 0. The molecule has 148 valence electrons. The maximum atomic E-state index is 12.4. The second kappa shape index (κ2) is 8.39. The molecule has 0 saturated heterocycles. The Morgan fingerprint density at radius 2 is 1.86 bits per heavy atom. The van der Waals surface area contributed by atoms with E-state index < -0.39 is 0 Å². The van der Waals surface area contributed by atoms with Crippen LogP contribution in [0.25, 0.3) is 0 Å². The number of hydrogen-bond acceptors (Lipinski definition) is 3. The molecule has 1 unspecified atom stereocenters. The Bertz CT molecular complexity index is 869. The minimum absolute atomic E-state index is 0.0171. The van der Waals surface area contributed by atoms with E-state index in [1.54, 1.807) is 11.8 Å². The smallest absolute Gasteiger partial charge is 0.230 e. The summed E-state index contributed by atoms with van der Waals surface area (Å²) in [5.74, 6) is 0.470. The molecule has 3 rings (SSSR count). The predicted octanol–water partition coefficient (Wildman–Crippen LogP) is 4.84. The van der Waals surface area contributed by atoms with E-state index in [9.17, 15) is 9.59 Å². The van der Waals surface area contributed by atoms with E-state index in [-0.39, 0.29) is 23.3 Å².